The SMILES string of the molecule is COc1cccc(OC)c1-c1cnc(N(C)C)nc1[C@@H]1CCCCN1C(=O)c1ccncc1. The molecule has 2 aromatic heterocycles. The van der Waals surface area contributed by atoms with Crippen LogP contribution in [-0.2, 0) is 0 Å². The molecule has 0 radical (unpaired) electrons. The molecule has 8 heteroatoms. The summed E-state index contributed by atoms with van der Waals surface area (Å²) in [7, 11) is 7.08. The number of carbonyl (C=O) groups is 1. The Hall–Kier alpha value is -3.68. The number of pyridine rings is 1. The van der Waals surface area contributed by atoms with Crippen molar-refractivity contribution < 1.29 is 14.3 Å². The molecule has 3 heterocycles. The average Bonchev–Trinajstić information content (AvgIpc) is 2.87. The van der Waals surface area contributed by atoms with E-state index in [1.807, 2.05) is 48.3 Å². The number of methoxy groups -OCH3 is 2. The minimum atomic E-state index is -0.203. The molecule has 1 aliphatic heterocycles. The van der Waals surface area contributed by atoms with Crippen LogP contribution >= 0.6 is 0 Å². The molecule has 33 heavy (non-hydrogen) atoms. The van der Waals surface area contributed by atoms with Gasteiger partial charge in [0.2, 0.25) is 5.95 Å². The van der Waals surface area contributed by atoms with Crippen LogP contribution in [0.4, 0.5) is 5.95 Å². The van der Waals surface area contributed by atoms with Crippen LogP contribution in [-0.4, -0.2) is 60.6 Å². The van der Waals surface area contributed by atoms with Gasteiger partial charge in [0.05, 0.1) is 31.5 Å². The van der Waals surface area contributed by atoms with Crippen molar-refractivity contribution in [3.8, 4) is 22.6 Å². The summed E-state index contributed by atoms with van der Waals surface area (Å²) in [5.41, 5.74) is 2.99. The molecule has 0 saturated carbocycles. The number of carbonyl (C=O) groups excluding carboxylic acids is 1. The maximum absolute atomic E-state index is 13.5. The van der Waals surface area contributed by atoms with E-state index in [0.29, 0.717) is 29.6 Å². The highest BCUT2D eigenvalue weighted by atomic mass is 16.5. The third-order valence-electron chi connectivity index (χ3n) is 5.91. The lowest BCUT2D eigenvalue weighted by Gasteiger charge is -2.36. The molecule has 172 valence electrons. The number of piperidine rings is 1. The quantitative estimate of drug-likeness (QED) is 0.565. The number of rotatable bonds is 6. The highest BCUT2D eigenvalue weighted by molar-refractivity contribution is 5.94. The van der Waals surface area contributed by atoms with Gasteiger partial charge in [0.15, 0.2) is 0 Å². The fourth-order valence-corrected chi connectivity index (χ4v) is 4.28. The minimum absolute atomic E-state index is 0.0231. The van der Waals surface area contributed by atoms with E-state index in [1.165, 1.54) is 0 Å². The van der Waals surface area contributed by atoms with E-state index in [9.17, 15) is 4.79 Å². The van der Waals surface area contributed by atoms with Crippen molar-refractivity contribution in [1.29, 1.82) is 0 Å². The van der Waals surface area contributed by atoms with Crippen molar-refractivity contribution in [2.45, 2.75) is 25.3 Å². The van der Waals surface area contributed by atoms with E-state index in [1.54, 1.807) is 38.7 Å². The van der Waals surface area contributed by atoms with E-state index < -0.39 is 0 Å². The molecule has 1 saturated heterocycles. The van der Waals surface area contributed by atoms with Gasteiger partial charge in [0.25, 0.3) is 5.91 Å². The highest BCUT2D eigenvalue weighted by Gasteiger charge is 2.33. The van der Waals surface area contributed by atoms with Gasteiger partial charge in [0, 0.05) is 50.4 Å². The van der Waals surface area contributed by atoms with Gasteiger partial charge in [-0.15, -0.1) is 0 Å². The number of hydrogen-bond donors (Lipinski definition) is 0. The molecule has 1 fully saturated rings. The number of amides is 1. The number of hydrogen-bond acceptors (Lipinski definition) is 7. The topological polar surface area (TPSA) is 80.7 Å². The Labute approximate surface area is 194 Å². The smallest absolute Gasteiger partial charge is 0.254 e. The molecule has 0 bridgehead atoms. The lowest BCUT2D eigenvalue weighted by molar-refractivity contribution is 0.0606. The number of ether oxygens (including phenoxy) is 2. The van der Waals surface area contributed by atoms with Crippen molar-refractivity contribution in [1.82, 2.24) is 19.9 Å². The van der Waals surface area contributed by atoms with E-state index in [-0.39, 0.29) is 11.9 Å². The van der Waals surface area contributed by atoms with Crippen molar-refractivity contribution >= 4 is 11.9 Å². The Morgan fingerprint density at radius 1 is 1.06 bits per heavy atom. The third kappa shape index (κ3) is 4.46. The fraction of sp³-hybridized carbons (Fsp3) is 0.360. The molecule has 1 aliphatic rings. The Balaban J connectivity index is 1.89. The normalized spacial score (nSPS) is 15.8. The standard InChI is InChI=1S/C25H29N5O3/c1-29(2)25-27-16-18(22-20(32-3)9-7-10-21(22)33-4)23(28-25)19-8-5-6-15-30(19)24(31)17-11-13-26-14-12-17/h7,9-14,16,19H,5-6,8,15H2,1-4H3/t19-/m0/s1. The number of likely N-dealkylation sites (tertiary alicyclic amines) is 1. The molecular weight excluding hydrogens is 418 g/mol. The first-order valence-electron chi connectivity index (χ1n) is 11.0. The average molecular weight is 448 g/mol. The number of benzene rings is 1. The number of aromatic nitrogens is 3. The Kier molecular flexibility index (Phi) is 6.72. The van der Waals surface area contributed by atoms with Gasteiger partial charge in [0.1, 0.15) is 11.5 Å². The maximum atomic E-state index is 13.5. The first kappa shape index (κ1) is 22.5. The van der Waals surface area contributed by atoms with Crippen LogP contribution in [0.1, 0.15) is 41.4 Å². The van der Waals surface area contributed by atoms with Gasteiger partial charge < -0.3 is 19.3 Å². The van der Waals surface area contributed by atoms with Crippen molar-refractivity contribution in [2.75, 3.05) is 39.8 Å². The first-order chi connectivity index (χ1) is 16.0. The Morgan fingerprint density at radius 2 is 1.76 bits per heavy atom. The van der Waals surface area contributed by atoms with Crippen molar-refractivity contribution in [2.24, 2.45) is 0 Å². The molecule has 0 unspecified atom stereocenters. The maximum Gasteiger partial charge on any atom is 0.254 e. The molecule has 0 N–H and O–H groups in total. The van der Waals surface area contributed by atoms with E-state index in [4.69, 9.17) is 14.5 Å². The van der Waals surface area contributed by atoms with E-state index in [0.717, 1.165) is 36.1 Å². The van der Waals surface area contributed by atoms with Crippen LogP contribution in [0.15, 0.2) is 48.9 Å². The lowest BCUT2D eigenvalue weighted by atomic mass is 9.92. The van der Waals surface area contributed by atoms with Crippen LogP contribution < -0.4 is 14.4 Å². The summed E-state index contributed by atoms with van der Waals surface area (Å²) in [5.74, 6) is 1.90. The second-order valence-electron chi connectivity index (χ2n) is 8.15. The zero-order chi connectivity index (χ0) is 23.4. The third-order valence-corrected chi connectivity index (χ3v) is 5.91. The summed E-state index contributed by atoms with van der Waals surface area (Å²) in [6.07, 6.45) is 7.87. The molecule has 1 atom stereocenters. The molecule has 8 nitrogen and oxygen atoms in total. The molecular formula is C25H29N5O3. The van der Waals surface area contributed by atoms with Crippen LogP contribution in [0.5, 0.6) is 11.5 Å². The van der Waals surface area contributed by atoms with Gasteiger partial charge in [-0.1, -0.05) is 6.07 Å². The summed E-state index contributed by atoms with van der Waals surface area (Å²) >= 11 is 0. The Bertz CT molecular complexity index is 1100. The summed E-state index contributed by atoms with van der Waals surface area (Å²) in [4.78, 5) is 30.9. The number of nitrogens with zero attached hydrogens (tertiary/aromatic N) is 5. The zero-order valence-electron chi connectivity index (χ0n) is 19.5. The Morgan fingerprint density at radius 3 is 2.39 bits per heavy atom. The minimum Gasteiger partial charge on any atom is -0.496 e. The van der Waals surface area contributed by atoms with Crippen LogP contribution in [0, 0.1) is 0 Å². The highest BCUT2D eigenvalue weighted by Crippen LogP contribution is 2.43. The van der Waals surface area contributed by atoms with Gasteiger partial charge in [-0.05, 0) is 43.5 Å². The summed E-state index contributed by atoms with van der Waals surface area (Å²) in [6.45, 7) is 0.662. The van der Waals surface area contributed by atoms with Crippen LogP contribution in [0.3, 0.4) is 0 Å². The van der Waals surface area contributed by atoms with Gasteiger partial charge in [-0.2, -0.15) is 0 Å². The molecule has 3 aromatic rings. The summed E-state index contributed by atoms with van der Waals surface area (Å²) in [5, 5.41) is 0. The molecule has 0 spiro atoms. The zero-order valence-corrected chi connectivity index (χ0v) is 19.5. The van der Waals surface area contributed by atoms with Crippen molar-refractivity contribution in [3.05, 3.63) is 60.2 Å². The van der Waals surface area contributed by atoms with Crippen LogP contribution in [0.2, 0.25) is 0 Å². The second kappa shape index (κ2) is 9.85. The molecule has 4 rings (SSSR count). The summed E-state index contributed by atoms with van der Waals surface area (Å²) in [6, 6.07) is 8.97. The first-order valence-corrected chi connectivity index (χ1v) is 11.0. The lowest BCUT2D eigenvalue weighted by Crippen LogP contribution is -2.39. The molecule has 1 aromatic carbocycles. The largest absolute Gasteiger partial charge is 0.496 e. The van der Waals surface area contributed by atoms with Gasteiger partial charge in [-0.25, -0.2) is 9.97 Å². The summed E-state index contributed by atoms with van der Waals surface area (Å²) < 4.78 is 11.3. The monoisotopic (exact) mass is 447 g/mol. The predicted octanol–water partition coefficient (Wildman–Crippen LogP) is 3.99. The van der Waals surface area contributed by atoms with Crippen LogP contribution in [0.25, 0.3) is 11.1 Å². The second-order valence-corrected chi connectivity index (χ2v) is 8.15. The molecule has 1 amide bonds. The van der Waals surface area contributed by atoms with E-state index in [2.05, 4.69) is 9.97 Å². The van der Waals surface area contributed by atoms with Gasteiger partial charge in [-0.3, -0.25) is 9.78 Å². The van der Waals surface area contributed by atoms with Gasteiger partial charge >= 0.3 is 0 Å². The fourth-order valence-electron chi connectivity index (χ4n) is 4.28. The predicted molar refractivity (Wildman–Crippen MR) is 127 cm³/mol. The van der Waals surface area contributed by atoms with E-state index >= 15 is 0 Å². The van der Waals surface area contributed by atoms with Crippen molar-refractivity contribution in [3.63, 3.8) is 0 Å². The molecule has 0 aliphatic carbocycles. The number of anilines is 1.